The standard InChI is InChI=1S/C13H12N6O8/c1-7-12(18(23)24)13(19(25)26)15-16(7)6-11(20)14-8-3-9(17(21)22)5-10(4-8)27-2/h3-5H,6H2,1-2H3,(H,14,20). The molecule has 0 saturated carbocycles. The number of amides is 1. The normalized spacial score (nSPS) is 10.3. The molecule has 0 bridgehead atoms. The number of non-ortho nitro benzene ring substituents is 1. The Kier molecular flexibility index (Phi) is 5.29. The van der Waals surface area contributed by atoms with E-state index in [-0.39, 0.29) is 22.8 Å². The molecule has 2 rings (SSSR count). The highest BCUT2D eigenvalue weighted by Gasteiger charge is 2.35. The summed E-state index contributed by atoms with van der Waals surface area (Å²) < 4.78 is 5.72. The van der Waals surface area contributed by atoms with Gasteiger partial charge in [0.05, 0.1) is 33.8 Å². The van der Waals surface area contributed by atoms with Crippen molar-refractivity contribution in [1.82, 2.24) is 9.78 Å². The number of methoxy groups -OCH3 is 1. The average molecular weight is 380 g/mol. The van der Waals surface area contributed by atoms with Crippen LogP contribution in [-0.4, -0.2) is 37.6 Å². The van der Waals surface area contributed by atoms with Crippen molar-refractivity contribution in [3.63, 3.8) is 0 Å². The van der Waals surface area contributed by atoms with Crippen LogP contribution in [0.1, 0.15) is 5.69 Å². The van der Waals surface area contributed by atoms with E-state index in [1.807, 2.05) is 0 Å². The Balaban J connectivity index is 2.28. The van der Waals surface area contributed by atoms with E-state index in [9.17, 15) is 35.1 Å². The second-order valence-corrected chi connectivity index (χ2v) is 5.15. The molecule has 0 aliphatic rings. The number of nitro groups is 3. The third kappa shape index (κ3) is 4.12. The predicted molar refractivity (Wildman–Crippen MR) is 88.6 cm³/mol. The van der Waals surface area contributed by atoms with Gasteiger partial charge in [-0.15, -0.1) is 0 Å². The highest BCUT2D eigenvalue weighted by atomic mass is 16.6. The molecular weight excluding hydrogens is 368 g/mol. The van der Waals surface area contributed by atoms with Crippen molar-refractivity contribution in [2.45, 2.75) is 13.5 Å². The molecule has 0 radical (unpaired) electrons. The van der Waals surface area contributed by atoms with Gasteiger partial charge >= 0.3 is 11.5 Å². The molecule has 0 spiro atoms. The van der Waals surface area contributed by atoms with Crippen LogP contribution in [0.25, 0.3) is 0 Å². The van der Waals surface area contributed by atoms with Gasteiger partial charge in [0.1, 0.15) is 18.0 Å². The minimum absolute atomic E-state index is 0.0415. The first-order valence-corrected chi connectivity index (χ1v) is 7.13. The third-order valence-electron chi connectivity index (χ3n) is 3.43. The molecule has 0 fully saturated rings. The SMILES string of the molecule is COc1cc(NC(=O)Cn2nc([N+](=O)[O-])c([N+](=O)[O-])c2C)cc([N+](=O)[O-])c1. The molecular formula is C13H12N6O8. The number of carbonyl (C=O) groups excluding carboxylic acids is 1. The van der Waals surface area contributed by atoms with Gasteiger partial charge in [-0.25, -0.2) is 0 Å². The minimum atomic E-state index is -1.02. The second kappa shape index (κ2) is 7.42. The summed E-state index contributed by atoms with van der Waals surface area (Å²) in [5.74, 6) is -1.61. The van der Waals surface area contributed by atoms with Gasteiger partial charge < -0.3 is 20.2 Å². The molecule has 1 heterocycles. The maximum Gasteiger partial charge on any atom is 0.468 e. The van der Waals surface area contributed by atoms with E-state index in [0.29, 0.717) is 0 Å². The molecule has 142 valence electrons. The lowest BCUT2D eigenvalue weighted by atomic mass is 10.2. The van der Waals surface area contributed by atoms with Crippen LogP contribution in [-0.2, 0) is 11.3 Å². The van der Waals surface area contributed by atoms with Gasteiger partial charge in [0.25, 0.3) is 5.69 Å². The van der Waals surface area contributed by atoms with Gasteiger partial charge in [0.15, 0.2) is 0 Å². The van der Waals surface area contributed by atoms with Crippen LogP contribution in [0.4, 0.5) is 22.9 Å². The number of hydrogen-bond donors (Lipinski definition) is 1. The smallest absolute Gasteiger partial charge is 0.468 e. The number of ether oxygens (including phenoxy) is 1. The number of nitro benzene ring substituents is 1. The molecule has 0 aliphatic carbocycles. The van der Waals surface area contributed by atoms with Gasteiger partial charge in [0, 0.05) is 12.1 Å². The van der Waals surface area contributed by atoms with E-state index in [2.05, 4.69) is 10.4 Å². The molecule has 14 nitrogen and oxygen atoms in total. The van der Waals surface area contributed by atoms with Crippen molar-refractivity contribution < 1.29 is 24.3 Å². The molecule has 2 aromatic rings. The highest BCUT2D eigenvalue weighted by molar-refractivity contribution is 5.91. The zero-order valence-corrected chi connectivity index (χ0v) is 13.9. The summed E-state index contributed by atoms with van der Waals surface area (Å²) in [5.41, 5.74) is -1.28. The summed E-state index contributed by atoms with van der Waals surface area (Å²) >= 11 is 0. The molecule has 0 atom stereocenters. The van der Waals surface area contributed by atoms with E-state index in [1.165, 1.54) is 20.1 Å². The maximum atomic E-state index is 12.2. The molecule has 0 saturated heterocycles. The van der Waals surface area contributed by atoms with Crippen LogP contribution in [0.15, 0.2) is 18.2 Å². The number of aromatic nitrogens is 2. The molecule has 1 aromatic carbocycles. The molecule has 0 unspecified atom stereocenters. The summed E-state index contributed by atoms with van der Waals surface area (Å²) in [6.07, 6.45) is 0. The fraction of sp³-hybridized carbons (Fsp3) is 0.231. The monoisotopic (exact) mass is 380 g/mol. The number of nitrogens with zero attached hydrogens (tertiary/aromatic N) is 5. The van der Waals surface area contributed by atoms with Gasteiger partial charge in [0.2, 0.25) is 5.91 Å². The van der Waals surface area contributed by atoms with Crippen molar-refractivity contribution in [1.29, 1.82) is 0 Å². The Bertz CT molecular complexity index is 953. The van der Waals surface area contributed by atoms with Crippen LogP contribution in [0, 0.1) is 37.3 Å². The van der Waals surface area contributed by atoms with Crippen LogP contribution in [0.5, 0.6) is 5.75 Å². The van der Waals surface area contributed by atoms with E-state index in [4.69, 9.17) is 4.74 Å². The first kappa shape index (κ1) is 19.2. The zero-order chi connectivity index (χ0) is 20.3. The predicted octanol–water partition coefficient (Wildman–Crippen LogP) is 1.56. The fourth-order valence-corrected chi connectivity index (χ4v) is 2.23. The van der Waals surface area contributed by atoms with Crippen LogP contribution in [0.3, 0.4) is 0 Å². The zero-order valence-electron chi connectivity index (χ0n) is 13.9. The van der Waals surface area contributed by atoms with Gasteiger partial charge in [-0.1, -0.05) is 0 Å². The summed E-state index contributed by atoms with van der Waals surface area (Å²) in [6.45, 7) is 0.632. The Morgan fingerprint density at radius 1 is 1.15 bits per heavy atom. The largest absolute Gasteiger partial charge is 0.496 e. The summed E-state index contributed by atoms with van der Waals surface area (Å²) in [4.78, 5) is 42.3. The van der Waals surface area contributed by atoms with Crippen molar-refractivity contribution in [3.05, 3.63) is 54.2 Å². The van der Waals surface area contributed by atoms with Crippen molar-refractivity contribution in [2.75, 3.05) is 12.4 Å². The number of hydrogen-bond acceptors (Lipinski definition) is 9. The number of anilines is 1. The van der Waals surface area contributed by atoms with Crippen LogP contribution in [0.2, 0.25) is 0 Å². The average Bonchev–Trinajstić information content (AvgIpc) is 2.91. The molecule has 1 amide bonds. The molecule has 27 heavy (non-hydrogen) atoms. The molecule has 14 heteroatoms. The lowest BCUT2D eigenvalue weighted by Gasteiger charge is -2.07. The van der Waals surface area contributed by atoms with Gasteiger partial charge in [-0.05, 0) is 11.8 Å². The Morgan fingerprint density at radius 3 is 2.30 bits per heavy atom. The number of carbonyl (C=O) groups is 1. The minimum Gasteiger partial charge on any atom is -0.496 e. The first-order chi connectivity index (χ1) is 12.6. The van der Waals surface area contributed by atoms with Crippen molar-refractivity contribution in [2.24, 2.45) is 0 Å². The van der Waals surface area contributed by atoms with Crippen LogP contribution < -0.4 is 10.1 Å². The van der Waals surface area contributed by atoms with Crippen molar-refractivity contribution >= 4 is 28.8 Å². The number of rotatable bonds is 7. The highest BCUT2D eigenvalue weighted by Crippen LogP contribution is 2.29. The lowest BCUT2D eigenvalue weighted by Crippen LogP contribution is -2.20. The Morgan fingerprint density at radius 2 is 1.81 bits per heavy atom. The van der Waals surface area contributed by atoms with Gasteiger partial charge in [-0.2, -0.15) is 4.68 Å². The molecule has 1 N–H and O–H groups in total. The van der Waals surface area contributed by atoms with E-state index < -0.39 is 38.7 Å². The summed E-state index contributed by atoms with van der Waals surface area (Å²) in [6, 6.07) is 3.56. The quantitative estimate of drug-likeness (QED) is 0.549. The maximum absolute atomic E-state index is 12.2. The summed E-state index contributed by atoms with van der Waals surface area (Å²) in [5, 5.41) is 38.6. The van der Waals surface area contributed by atoms with Crippen molar-refractivity contribution in [3.8, 4) is 5.75 Å². The lowest BCUT2D eigenvalue weighted by molar-refractivity contribution is -0.424. The van der Waals surface area contributed by atoms with Crippen LogP contribution >= 0.6 is 0 Å². The van der Waals surface area contributed by atoms with E-state index >= 15 is 0 Å². The second-order valence-electron chi connectivity index (χ2n) is 5.15. The first-order valence-electron chi connectivity index (χ1n) is 7.13. The van der Waals surface area contributed by atoms with E-state index in [1.54, 1.807) is 0 Å². The topological polar surface area (TPSA) is 186 Å². The van der Waals surface area contributed by atoms with E-state index in [0.717, 1.165) is 16.8 Å². The Hall–Kier alpha value is -4.10. The molecule has 0 aliphatic heterocycles. The number of benzene rings is 1. The third-order valence-corrected chi connectivity index (χ3v) is 3.43. The van der Waals surface area contributed by atoms with Gasteiger partial charge in [-0.3, -0.25) is 25.0 Å². The Labute approximate surface area is 149 Å². The molecule has 1 aromatic heterocycles. The summed E-state index contributed by atoms with van der Waals surface area (Å²) in [7, 11) is 1.29. The fourth-order valence-electron chi connectivity index (χ4n) is 2.23. The number of nitrogens with one attached hydrogen (secondary N) is 1.